The van der Waals surface area contributed by atoms with E-state index in [9.17, 15) is 4.21 Å². The largest absolute Gasteiger partial charge is 0.381 e. The van der Waals surface area contributed by atoms with Crippen molar-refractivity contribution < 1.29 is 13.7 Å². The van der Waals surface area contributed by atoms with Gasteiger partial charge in [0.25, 0.3) is 0 Å². The Morgan fingerprint density at radius 3 is 2.71 bits per heavy atom. The van der Waals surface area contributed by atoms with Crippen molar-refractivity contribution in [2.24, 2.45) is 0 Å². The second-order valence-electron chi connectivity index (χ2n) is 8.50. The zero-order valence-electron chi connectivity index (χ0n) is 17.6. The summed E-state index contributed by atoms with van der Waals surface area (Å²) >= 11 is 6.04. The van der Waals surface area contributed by atoms with E-state index >= 15 is 0 Å². The van der Waals surface area contributed by atoms with Crippen molar-refractivity contribution >= 4 is 34.2 Å². The minimum absolute atomic E-state index is 0.281. The maximum atomic E-state index is 12.6. The van der Waals surface area contributed by atoms with Crippen LogP contribution in [-0.4, -0.2) is 52.5 Å². The van der Waals surface area contributed by atoms with Crippen LogP contribution in [0.1, 0.15) is 37.4 Å². The molecule has 0 radical (unpaired) electrons. The smallest absolute Gasteiger partial charge is 0.229 e. The second-order valence-corrected chi connectivity index (χ2v) is 10.4. The standard InChI is InChI=1S/C22H27ClN4O3S/c1-22(15-2-4-16(23)5-3-15)9-10-27(14-30-22)21-25-18-8-13-31(28)19(18)20(26-21)24-17-6-11-29-12-7-17/h2-5,17H,6-14H2,1H3,(H,24,25,26). The van der Waals surface area contributed by atoms with Crippen molar-refractivity contribution in [3.8, 4) is 0 Å². The lowest BCUT2D eigenvalue weighted by Gasteiger charge is -2.40. The average molecular weight is 463 g/mol. The van der Waals surface area contributed by atoms with E-state index in [0.717, 1.165) is 66.6 Å². The van der Waals surface area contributed by atoms with Gasteiger partial charge < -0.3 is 19.7 Å². The molecular weight excluding hydrogens is 436 g/mol. The van der Waals surface area contributed by atoms with E-state index in [2.05, 4.69) is 17.1 Å². The van der Waals surface area contributed by atoms with Gasteiger partial charge in [-0.3, -0.25) is 4.21 Å². The van der Waals surface area contributed by atoms with Crippen molar-refractivity contribution in [3.63, 3.8) is 0 Å². The first kappa shape index (κ1) is 21.1. The molecule has 2 saturated heterocycles. The van der Waals surface area contributed by atoms with Crippen molar-refractivity contribution in [1.82, 2.24) is 9.97 Å². The van der Waals surface area contributed by atoms with Crippen LogP contribution in [0, 0.1) is 0 Å². The predicted octanol–water partition coefficient (Wildman–Crippen LogP) is 3.48. The molecule has 166 valence electrons. The van der Waals surface area contributed by atoms with Crippen molar-refractivity contribution in [3.05, 3.63) is 40.5 Å². The summed E-state index contributed by atoms with van der Waals surface area (Å²) in [5, 5.41) is 4.25. The molecule has 31 heavy (non-hydrogen) atoms. The van der Waals surface area contributed by atoms with E-state index in [1.165, 1.54) is 0 Å². The molecular formula is C22H27ClN4O3S. The van der Waals surface area contributed by atoms with Gasteiger partial charge in [0.1, 0.15) is 17.4 Å². The number of aryl methyl sites for hydroxylation is 1. The van der Waals surface area contributed by atoms with E-state index in [-0.39, 0.29) is 11.6 Å². The van der Waals surface area contributed by atoms with Crippen molar-refractivity contribution in [1.29, 1.82) is 0 Å². The first-order valence-electron chi connectivity index (χ1n) is 10.8. The fraction of sp³-hybridized carbons (Fsp3) is 0.545. The summed E-state index contributed by atoms with van der Waals surface area (Å²) in [7, 11) is -1.05. The average Bonchev–Trinajstić information content (AvgIpc) is 3.16. The maximum Gasteiger partial charge on any atom is 0.229 e. The quantitative estimate of drug-likeness (QED) is 0.745. The summed E-state index contributed by atoms with van der Waals surface area (Å²) in [4.78, 5) is 12.4. The predicted molar refractivity (Wildman–Crippen MR) is 121 cm³/mol. The molecule has 0 aliphatic carbocycles. The zero-order chi connectivity index (χ0) is 21.4. The van der Waals surface area contributed by atoms with Gasteiger partial charge >= 0.3 is 0 Å². The molecule has 0 spiro atoms. The fourth-order valence-electron chi connectivity index (χ4n) is 4.35. The topological polar surface area (TPSA) is 76.6 Å². The zero-order valence-corrected chi connectivity index (χ0v) is 19.2. The van der Waals surface area contributed by atoms with Gasteiger partial charge in [0.15, 0.2) is 0 Å². The summed E-state index contributed by atoms with van der Waals surface area (Å²) in [5.74, 6) is 1.97. The van der Waals surface area contributed by atoms with E-state index in [0.29, 0.717) is 24.2 Å². The Hall–Kier alpha value is -1.74. The normalized spacial score (nSPS) is 26.6. The van der Waals surface area contributed by atoms with Gasteiger partial charge in [-0.05, 0) is 43.9 Å². The Bertz CT molecular complexity index is 973. The van der Waals surface area contributed by atoms with Crippen molar-refractivity contribution in [2.75, 3.05) is 42.5 Å². The van der Waals surface area contributed by atoms with Gasteiger partial charge in [-0.2, -0.15) is 4.98 Å². The maximum absolute atomic E-state index is 12.6. The van der Waals surface area contributed by atoms with Gasteiger partial charge in [-0.15, -0.1) is 0 Å². The SMILES string of the molecule is CC1(c2ccc(Cl)cc2)CCN(c2nc3c(c(NC4CCOCC4)n2)S(=O)CC3)CO1. The van der Waals surface area contributed by atoms with Gasteiger partial charge in [-0.1, -0.05) is 23.7 Å². The number of rotatable bonds is 4. The van der Waals surface area contributed by atoms with Crippen LogP contribution in [-0.2, 0) is 32.3 Å². The lowest BCUT2D eigenvalue weighted by atomic mass is 9.91. The number of nitrogens with zero attached hydrogens (tertiary/aromatic N) is 3. The number of hydrogen-bond donors (Lipinski definition) is 1. The van der Waals surface area contributed by atoms with E-state index < -0.39 is 10.8 Å². The van der Waals surface area contributed by atoms with Crippen LogP contribution >= 0.6 is 11.6 Å². The highest BCUT2D eigenvalue weighted by atomic mass is 35.5. The molecule has 1 aromatic carbocycles. The molecule has 7 nitrogen and oxygen atoms in total. The molecule has 9 heteroatoms. The third-order valence-electron chi connectivity index (χ3n) is 6.37. The minimum atomic E-state index is -1.05. The molecule has 2 atom stereocenters. The van der Waals surface area contributed by atoms with Crippen LogP contribution in [0.2, 0.25) is 5.02 Å². The molecule has 0 bridgehead atoms. The minimum Gasteiger partial charge on any atom is -0.381 e. The van der Waals surface area contributed by atoms with Gasteiger partial charge in [0.2, 0.25) is 5.95 Å². The Morgan fingerprint density at radius 1 is 1.23 bits per heavy atom. The fourth-order valence-corrected chi connectivity index (χ4v) is 5.79. The third kappa shape index (κ3) is 4.31. The highest BCUT2D eigenvalue weighted by Crippen LogP contribution is 2.36. The molecule has 2 fully saturated rings. The number of nitrogens with one attached hydrogen (secondary N) is 1. The van der Waals surface area contributed by atoms with Crippen LogP contribution in [0.15, 0.2) is 29.2 Å². The van der Waals surface area contributed by atoms with Crippen LogP contribution < -0.4 is 10.2 Å². The lowest BCUT2D eigenvalue weighted by molar-refractivity contribution is -0.0626. The highest BCUT2D eigenvalue weighted by molar-refractivity contribution is 7.85. The molecule has 5 rings (SSSR count). The number of halogens is 1. The Labute approximate surface area is 190 Å². The first-order valence-corrected chi connectivity index (χ1v) is 12.5. The lowest BCUT2D eigenvalue weighted by Crippen LogP contribution is -2.44. The summed E-state index contributed by atoms with van der Waals surface area (Å²) in [5.41, 5.74) is 1.63. The molecule has 2 unspecified atom stereocenters. The van der Waals surface area contributed by atoms with Crippen LogP contribution in [0.25, 0.3) is 0 Å². The Morgan fingerprint density at radius 2 is 2.00 bits per heavy atom. The highest BCUT2D eigenvalue weighted by Gasteiger charge is 2.35. The molecule has 1 aromatic heterocycles. The number of aromatic nitrogens is 2. The van der Waals surface area contributed by atoms with E-state index in [1.807, 2.05) is 24.3 Å². The van der Waals surface area contributed by atoms with Gasteiger partial charge in [-0.25, -0.2) is 4.98 Å². The van der Waals surface area contributed by atoms with E-state index in [1.54, 1.807) is 0 Å². The number of fused-ring (bicyclic) bond motifs is 1. The molecule has 0 amide bonds. The van der Waals surface area contributed by atoms with Crippen LogP contribution in [0.3, 0.4) is 0 Å². The van der Waals surface area contributed by atoms with Crippen molar-refractivity contribution in [2.45, 2.75) is 49.1 Å². The first-order chi connectivity index (χ1) is 15.0. The Balaban J connectivity index is 1.36. The summed E-state index contributed by atoms with van der Waals surface area (Å²) in [6, 6.07) is 8.12. The summed E-state index contributed by atoms with van der Waals surface area (Å²) in [6.07, 6.45) is 3.38. The second kappa shape index (κ2) is 8.65. The van der Waals surface area contributed by atoms with Gasteiger partial charge in [0.05, 0.1) is 22.1 Å². The summed E-state index contributed by atoms with van der Waals surface area (Å²) in [6.45, 7) is 4.77. The van der Waals surface area contributed by atoms with E-state index in [4.69, 9.17) is 31.0 Å². The van der Waals surface area contributed by atoms with Crippen LogP contribution in [0.4, 0.5) is 11.8 Å². The molecule has 4 heterocycles. The number of benzene rings is 1. The molecule has 2 aromatic rings. The molecule has 3 aliphatic rings. The molecule has 1 N–H and O–H groups in total. The number of ether oxygens (including phenoxy) is 2. The Kier molecular flexibility index (Phi) is 5.90. The van der Waals surface area contributed by atoms with Crippen LogP contribution in [0.5, 0.6) is 0 Å². The molecule has 0 saturated carbocycles. The monoisotopic (exact) mass is 462 g/mol. The summed E-state index contributed by atoms with van der Waals surface area (Å²) < 4.78 is 24.4. The molecule has 3 aliphatic heterocycles. The number of anilines is 2. The van der Waals surface area contributed by atoms with Gasteiger partial charge in [0, 0.05) is 43.0 Å². The number of hydrogen-bond acceptors (Lipinski definition) is 7. The third-order valence-corrected chi connectivity index (χ3v) is 8.08.